The van der Waals surface area contributed by atoms with Crippen LogP contribution >= 0.6 is 0 Å². The SMILES string of the molecule is Cc1ccc(-n2c(-c3ccccc3NS(=O)(=O)c3cccc4c(N(C)C)cccc34)nc(-c3ccccc3)c2-c2ccccc2)cc1. The van der Waals surface area contributed by atoms with E-state index in [9.17, 15) is 8.42 Å². The third-order valence-corrected chi connectivity index (χ3v) is 9.73. The van der Waals surface area contributed by atoms with E-state index in [0.29, 0.717) is 22.5 Å². The molecule has 232 valence electrons. The van der Waals surface area contributed by atoms with Crippen LogP contribution in [0.5, 0.6) is 0 Å². The fraction of sp³-hybridized carbons (Fsp3) is 0.0750. The molecule has 0 saturated heterocycles. The van der Waals surface area contributed by atoms with Gasteiger partial charge in [-0.2, -0.15) is 0 Å². The van der Waals surface area contributed by atoms with Gasteiger partial charge in [-0.25, -0.2) is 13.4 Å². The van der Waals surface area contributed by atoms with Gasteiger partial charge in [-0.05, 0) is 43.3 Å². The fourth-order valence-electron chi connectivity index (χ4n) is 6.06. The predicted octanol–water partition coefficient (Wildman–Crippen LogP) is 9.20. The molecule has 0 aliphatic carbocycles. The average Bonchev–Trinajstić information content (AvgIpc) is 3.49. The lowest BCUT2D eigenvalue weighted by molar-refractivity contribution is 0.602. The third-order valence-electron chi connectivity index (χ3n) is 8.31. The van der Waals surface area contributed by atoms with E-state index in [1.165, 1.54) is 0 Å². The number of benzene rings is 6. The van der Waals surface area contributed by atoms with Crippen LogP contribution in [0.15, 0.2) is 150 Å². The van der Waals surface area contributed by atoms with E-state index in [2.05, 4.69) is 64.7 Å². The van der Waals surface area contributed by atoms with E-state index in [1.54, 1.807) is 18.2 Å². The summed E-state index contributed by atoms with van der Waals surface area (Å²) in [7, 11) is -0.104. The molecule has 0 unspecified atom stereocenters. The Bertz CT molecular complexity index is 2310. The molecule has 6 nitrogen and oxygen atoms in total. The molecule has 47 heavy (non-hydrogen) atoms. The molecule has 0 aliphatic heterocycles. The second kappa shape index (κ2) is 12.3. The monoisotopic (exact) mass is 634 g/mol. The minimum Gasteiger partial charge on any atom is -0.377 e. The van der Waals surface area contributed by atoms with Crippen molar-refractivity contribution in [2.24, 2.45) is 0 Å². The Hall–Kier alpha value is -5.66. The number of aryl methyl sites for hydroxylation is 1. The van der Waals surface area contributed by atoms with Crippen molar-refractivity contribution in [3.05, 3.63) is 151 Å². The van der Waals surface area contributed by atoms with Crippen LogP contribution in [-0.2, 0) is 10.0 Å². The highest BCUT2D eigenvalue weighted by molar-refractivity contribution is 7.93. The molecule has 0 spiro atoms. The normalized spacial score (nSPS) is 11.5. The molecular formula is C40H34N4O2S. The molecule has 0 bridgehead atoms. The van der Waals surface area contributed by atoms with Gasteiger partial charge in [-0.15, -0.1) is 0 Å². The molecule has 0 fully saturated rings. The molecule has 6 aromatic carbocycles. The number of nitrogens with zero attached hydrogens (tertiary/aromatic N) is 3. The number of para-hydroxylation sites is 1. The number of anilines is 2. The zero-order valence-corrected chi connectivity index (χ0v) is 27.2. The van der Waals surface area contributed by atoms with Crippen molar-refractivity contribution in [3.63, 3.8) is 0 Å². The first kappa shape index (κ1) is 30.0. The summed E-state index contributed by atoms with van der Waals surface area (Å²) in [5.41, 5.74) is 7.77. The van der Waals surface area contributed by atoms with Crippen LogP contribution in [0, 0.1) is 6.92 Å². The standard InChI is InChI=1S/C40H34N4O2S/c1-28-24-26-31(27-25-28)44-39(30-16-8-5-9-17-30)38(29-14-6-4-7-15-29)41-40(44)34-18-10-11-21-35(34)42-47(45,46)37-23-13-19-32-33(37)20-12-22-36(32)43(2)3/h4-27,42H,1-3H3. The van der Waals surface area contributed by atoms with Crippen molar-refractivity contribution < 1.29 is 8.42 Å². The Kier molecular flexibility index (Phi) is 7.83. The number of hydrogen-bond acceptors (Lipinski definition) is 4. The van der Waals surface area contributed by atoms with E-state index in [1.807, 2.05) is 97.9 Å². The summed E-state index contributed by atoms with van der Waals surface area (Å²) in [6.45, 7) is 2.06. The first-order valence-corrected chi connectivity index (χ1v) is 16.9. The van der Waals surface area contributed by atoms with Gasteiger partial charge in [-0.3, -0.25) is 9.29 Å². The third kappa shape index (κ3) is 5.66. The van der Waals surface area contributed by atoms with Crippen LogP contribution in [0.2, 0.25) is 0 Å². The summed E-state index contributed by atoms with van der Waals surface area (Å²) in [4.78, 5) is 7.49. The minimum atomic E-state index is -4.01. The number of fused-ring (bicyclic) bond motifs is 1. The van der Waals surface area contributed by atoms with Gasteiger partial charge in [0.05, 0.1) is 22.0 Å². The Labute approximate surface area is 275 Å². The smallest absolute Gasteiger partial charge is 0.262 e. The quantitative estimate of drug-likeness (QED) is 0.181. The Morgan fingerprint density at radius 2 is 1.26 bits per heavy atom. The molecule has 0 saturated carbocycles. The number of rotatable bonds is 8. The predicted molar refractivity (Wildman–Crippen MR) is 194 cm³/mol. The highest BCUT2D eigenvalue weighted by Crippen LogP contribution is 2.41. The van der Waals surface area contributed by atoms with Gasteiger partial charge in [0.15, 0.2) is 0 Å². The van der Waals surface area contributed by atoms with Crippen LogP contribution in [-0.4, -0.2) is 32.1 Å². The molecule has 1 heterocycles. The van der Waals surface area contributed by atoms with Crippen LogP contribution in [0.1, 0.15) is 5.56 Å². The number of hydrogen-bond donors (Lipinski definition) is 1. The minimum absolute atomic E-state index is 0.213. The molecule has 1 N–H and O–H groups in total. The number of sulfonamides is 1. The maximum atomic E-state index is 14.2. The van der Waals surface area contributed by atoms with Gasteiger partial charge in [0.25, 0.3) is 10.0 Å². The second-order valence-corrected chi connectivity index (χ2v) is 13.4. The second-order valence-electron chi connectivity index (χ2n) is 11.7. The molecule has 7 heteroatoms. The van der Waals surface area contributed by atoms with E-state index in [-0.39, 0.29) is 4.90 Å². The molecule has 1 aromatic heterocycles. The molecule has 0 aliphatic rings. The first-order chi connectivity index (χ1) is 22.8. The fourth-order valence-corrected chi connectivity index (χ4v) is 7.36. The van der Waals surface area contributed by atoms with E-state index in [0.717, 1.165) is 44.8 Å². The van der Waals surface area contributed by atoms with Gasteiger partial charge in [0, 0.05) is 52.9 Å². The highest BCUT2D eigenvalue weighted by Gasteiger charge is 2.26. The van der Waals surface area contributed by atoms with E-state index in [4.69, 9.17) is 4.98 Å². The number of imidazole rings is 1. The maximum Gasteiger partial charge on any atom is 0.262 e. The number of nitrogens with one attached hydrogen (secondary N) is 1. The summed E-state index contributed by atoms with van der Waals surface area (Å²) in [6.07, 6.45) is 0. The highest BCUT2D eigenvalue weighted by atomic mass is 32.2. The summed E-state index contributed by atoms with van der Waals surface area (Å²) in [6, 6.07) is 47.2. The maximum absolute atomic E-state index is 14.2. The topological polar surface area (TPSA) is 67.2 Å². The molecule has 7 rings (SSSR count). The van der Waals surface area contributed by atoms with Crippen molar-refractivity contribution >= 4 is 32.2 Å². The van der Waals surface area contributed by atoms with Crippen molar-refractivity contribution in [2.45, 2.75) is 11.8 Å². The summed E-state index contributed by atoms with van der Waals surface area (Å²) >= 11 is 0. The van der Waals surface area contributed by atoms with Crippen LogP contribution in [0.25, 0.3) is 50.4 Å². The van der Waals surface area contributed by atoms with Gasteiger partial charge in [0.2, 0.25) is 0 Å². The summed E-state index contributed by atoms with van der Waals surface area (Å²) in [5, 5.41) is 1.52. The average molecular weight is 635 g/mol. The lowest BCUT2D eigenvalue weighted by Crippen LogP contribution is -2.15. The Morgan fingerprint density at radius 1 is 0.638 bits per heavy atom. The van der Waals surface area contributed by atoms with E-state index < -0.39 is 10.0 Å². The largest absolute Gasteiger partial charge is 0.377 e. The molecular weight excluding hydrogens is 601 g/mol. The Morgan fingerprint density at radius 3 is 1.96 bits per heavy atom. The van der Waals surface area contributed by atoms with Crippen molar-refractivity contribution in [3.8, 4) is 39.6 Å². The zero-order valence-electron chi connectivity index (χ0n) is 26.4. The summed E-state index contributed by atoms with van der Waals surface area (Å²) in [5.74, 6) is 0.623. The lowest BCUT2D eigenvalue weighted by Gasteiger charge is -2.18. The zero-order chi connectivity index (χ0) is 32.5. The van der Waals surface area contributed by atoms with Crippen molar-refractivity contribution in [1.82, 2.24) is 9.55 Å². The number of aromatic nitrogens is 2. The van der Waals surface area contributed by atoms with Crippen LogP contribution < -0.4 is 9.62 Å². The van der Waals surface area contributed by atoms with E-state index >= 15 is 0 Å². The van der Waals surface area contributed by atoms with Crippen molar-refractivity contribution in [1.29, 1.82) is 0 Å². The van der Waals surface area contributed by atoms with Gasteiger partial charge >= 0.3 is 0 Å². The Balaban J connectivity index is 1.45. The van der Waals surface area contributed by atoms with Gasteiger partial charge in [-0.1, -0.05) is 115 Å². The first-order valence-electron chi connectivity index (χ1n) is 15.4. The summed E-state index contributed by atoms with van der Waals surface area (Å²) < 4.78 is 33.5. The van der Waals surface area contributed by atoms with Crippen molar-refractivity contribution in [2.75, 3.05) is 23.7 Å². The van der Waals surface area contributed by atoms with Crippen LogP contribution in [0.4, 0.5) is 11.4 Å². The molecule has 0 radical (unpaired) electrons. The molecule has 0 amide bonds. The molecule has 0 atom stereocenters. The van der Waals surface area contributed by atoms with Gasteiger partial charge in [0.1, 0.15) is 5.82 Å². The molecule has 7 aromatic rings. The van der Waals surface area contributed by atoms with Crippen LogP contribution in [0.3, 0.4) is 0 Å². The van der Waals surface area contributed by atoms with Gasteiger partial charge < -0.3 is 4.90 Å². The lowest BCUT2D eigenvalue weighted by atomic mass is 10.0.